The average molecular weight is 302 g/mol. The number of aryl methyl sites for hydroxylation is 3. The van der Waals surface area contributed by atoms with Crippen LogP contribution in [-0.4, -0.2) is 6.54 Å². The number of benzene rings is 2. The van der Waals surface area contributed by atoms with Gasteiger partial charge in [0.1, 0.15) is 0 Å². The fourth-order valence-corrected chi connectivity index (χ4v) is 3.07. The van der Waals surface area contributed by atoms with Gasteiger partial charge in [0.25, 0.3) is 0 Å². The molecule has 1 nitrogen and oxygen atoms in total. The molecule has 0 fully saturated rings. The third-order valence-corrected chi connectivity index (χ3v) is 3.95. The van der Waals surface area contributed by atoms with E-state index in [1.54, 1.807) is 0 Å². The number of hydrogen-bond acceptors (Lipinski definition) is 1. The SMILES string of the molecule is CCCNC(c1cc(C)cc(Cl)c1)c1ccc(C)cc1C. The van der Waals surface area contributed by atoms with Gasteiger partial charge in [-0.05, 0) is 68.1 Å². The molecule has 0 aromatic heterocycles. The smallest absolute Gasteiger partial charge is 0.0579 e. The van der Waals surface area contributed by atoms with E-state index in [4.69, 9.17) is 11.6 Å². The molecule has 0 aliphatic heterocycles. The lowest BCUT2D eigenvalue weighted by atomic mass is 9.93. The van der Waals surface area contributed by atoms with E-state index in [-0.39, 0.29) is 6.04 Å². The van der Waals surface area contributed by atoms with Crippen molar-refractivity contribution >= 4 is 11.6 Å². The van der Waals surface area contributed by atoms with E-state index in [9.17, 15) is 0 Å². The van der Waals surface area contributed by atoms with Crippen LogP contribution in [0.15, 0.2) is 36.4 Å². The maximum Gasteiger partial charge on any atom is 0.0579 e. The predicted molar refractivity (Wildman–Crippen MR) is 92.2 cm³/mol. The molecule has 0 aliphatic rings. The maximum absolute atomic E-state index is 6.25. The molecule has 21 heavy (non-hydrogen) atoms. The summed E-state index contributed by atoms with van der Waals surface area (Å²) in [5.41, 5.74) is 6.38. The van der Waals surface area contributed by atoms with Crippen molar-refractivity contribution in [3.63, 3.8) is 0 Å². The third kappa shape index (κ3) is 4.09. The molecule has 1 unspecified atom stereocenters. The lowest BCUT2D eigenvalue weighted by molar-refractivity contribution is 0.596. The fourth-order valence-electron chi connectivity index (χ4n) is 2.78. The number of hydrogen-bond donors (Lipinski definition) is 1. The van der Waals surface area contributed by atoms with Gasteiger partial charge in [-0.2, -0.15) is 0 Å². The lowest BCUT2D eigenvalue weighted by Crippen LogP contribution is -2.24. The Bertz CT molecular complexity index is 599. The molecule has 1 N–H and O–H groups in total. The van der Waals surface area contributed by atoms with Crippen molar-refractivity contribution in [2.45, 2.75) is 40.2 Å². The van der Waals surface area contributed by atoms with E-state index in [1.165, 1.54) is 27.8 Å². The van der Waals surface area contributed by atoms with Crippen molar-refractivity contribution in [2.24, 2.45) is 0 Å². The topological polar surface area (TPSA) is 12.0 Å². The fraction of sp³-hybridized carbons (Fsp3) is 0.368. The van der Waals surface area contributed by atoms with Gasteiger partial charge in [-0.1, -0.05) is 48.4 Å². The van der Waals surface area contributed by atoms with Gasteiger partial charge in [0.2, 0.25) is 0 Å². The maximum atomic E-state index is 6.25. The summed E-state index contributed by atoms with van der Waals surface area (Å²) >= 11 is 6.25. The Kier molecular flexibility index (Phi) is 5.44. The summed E-state index contributed by atoms with van der Waals surface area (Å²) in [5.74, 6) is 0. The predicted octanol–water partition coefficient (Wildman–Crippen LogP) is 5.35. The largest absolute Gasteiger partial charge is 0.306 e. The van der Waals surface area contributed by atoms with Crippen LogP contribution in [0.25, 0.3) is 0 Å². The first-order valence-electron chi connectivity index (χ1n) is 7.59. The van der Waals surface area contributed by atoms with Crippen LogP contribution in [0.5, 0.6) is 0 Å². The van der Waals surface area contributed by atoms with E-state index in [0.717, 1.165) is 18.0 Å². The minimum atomic E-state index is 0.197. The molecule has 0 saturated carbocycles. The zero-order chi connectivity index (χ0) is 15.4. The highest BCUT2D eigenvalue weighted by Crippen LogP contribution is 2.28. The second-order valence-corrected chi connectivity index (χ2v) is 6.25. The first kappa shape index (κ1) is 16.1. The zero-order valence-electron chi connectivity index (χ0n) is 13.3. The molecule has 112 valence electrons. The monoisotopic (exact) mass is 301 g/mol. The average Bonchev–Trinajstić information content (AvgIpc) is 2.40. The molecule has 0 heterocycles. The van der Waals surface area contributed by atoms with Crippen molar-refractivity contribution < 1.29 is 0 Å². The Labute approximate surface area is 133 Å². The Morgan fingerprint density at radius 3 is 2.38 bits per heavy atom. The van der Waals surface area contributed by atoms with E-state index >= 15 is 0 Å². The summed E-state index contributed by atoms with van der Waals surface area (Å²) < 4.78 is 0. The van der Waals surface area contributed by atoms with Gasteiger partial charge < -0.3 is 5.32 Å². The summed E-state index contributed by atoms with van der Waals surface area (Å²) in [6.07, 6.45) is 1.11. The third-order valence-electron chi connectivity index (χ3n) is 3.73. The molecule has 1 atom stereocenters. The van der Waals surface area contributed by atoms with Crippen LogP contribution >= 0.6 is 11.6 Å². The lowest BCUT2D eigenvalue weighted by Gasteiger charge is -2.22. The van der Waals surface area contributed by atoms with Gasteiger partial charge in [0.15, 0.2) is 0 Å². The number of nitrogens with one attached hydrogen (secondary N) is 1. The Balaban J connectivity index is 2.46. The van der Waals surface area contributed by atoms with Crippen LogP contribution in [0.1, 0.15) is 47.2 Å². The molecule has 0 spiro atoms. The minimum absolute atomic E-state index is 0.197. The van der Waals surface area contributed by atoms with Crippen LogP contribution in [-0.2, 0) is 0 Å². The van der Waals surface area contributed by atoms with Crippen molar-refractivity contribution in [1.29, 1.82) is 0 Å². The van der Waals surface area contributed by atoms with Crippen molar-refractivity contribution in [2.75, 3.05) is 6.54 Å². The van der Waals surface area contributed by atoms with Crippen molar-refractivity contribution in [1.82, 2.24) is 5.32 Å². The van der Waals surface area contributed by atoms with Gasteiger partial charge in [0.05, 0.1) is 6.04 Å². The highest BCUT2D eigenvalue weighted by Gasteiger charge is 2.16. The number of rotatable bonds is 5. The summed E-state index contributed by atoms with van der Waals surface area (Å²) in [6.45, 7) is 9.59. The number of halogens is 1. The van der Waals surface area contributed by atoms with Gasteiger partial charge in [-0.3, -0.25) is 0 Å². The van der Waals surface area contributed by atoms with Crippen molar-refractivity contribution in [3.8, 4) is 0 Å². The Morgan fingerprint density at radius 1 is 1.00 bits per heavy atom. The first-order valence-corrected chi connectivity index (χ1v) is 7.96. The zero-order valence-corrected chi connectivity index (χ0v) is 14.1. The molecule has 2 rings (SSSR count). The van der Waals surface area contributed by atoms with E-state index < -0.39 is 0 Å². The van der Waals surface area contributed by atoms with Crippen LogP contribution in [0.4, 0.5) is 0 Å². The molecule has 0 amide bonds. The van der Waals surface area contributed by atoms with Gasteiger partial charge >= 0.3 is 0 Å². The quantitative estimate of drug-likeness (QED) is 0.784. The molecule has 0 radical (unpaired) electrons. The van der Waals surface area contributed by atoms with Crippen LogP contribution in [0.3, 0.4) is 0 Å². The van der Waals surface area contributed by atoms with Gasteiger partial charge in [-0.25, -0.2) is 0 Å². The molecule has 0 saturated heterocycles. The summed E-state index contributed by atoms with van der Waals surface area (Å²) in [5, 5.41) is 4.46. The van der Waals surface area contributed by atoms with Crippen LogP contribution < -0.4 is 5.32 Å². The minimum Gasteiger partial charge on any atom is -0.306 e. The molecule has 0 bridgehead atoms. The Hall–Kier alpha value is -1.31. The highest BCUT2D eigenvalue weighted by atomic mass is 35.5. The standard InChI is InChI=1S/C19H24ClN/c1-5-8-21-19(16-10-14(3)11-17(20)12-16)18-7-6-13(2)9-15(18)4/h6-7,9-12,19,21H,5,8H2,1-4H3. The summed E-state index contributed by atoms with van der Waals surface area (Å²) in [4.78, 5) is 0. The molecule has 2 heteroatoms. The van der Waals surface area contributed by atoms with E-state index in [2.05, 4.69) is 63.3 Å². The first-order chi connectivity index (χ1) is 10.0. The Morgan fingerprint density at radius 2 is 1.76 bits per heavy atom. The molecule has 2 aromatic rings. The highest BCUT2D eigenvalue weighted by molar-refractivity contribution is 6.30. The second-order valence-electron chi connectivity index (χ2n) is 5.81. The molecular formula is C19H24ClN. The second kappa shape index (κ2) is 7.11. The van der Waals surface area contributed by atoms with Crippen molar-refractivity contribution in [3.05, 3.63) is 69.2 Å². The molecular weight excluding hydrogens is 278 g/mol. The molecule has 2 aromatic carbocycles. The van der Waals surface area contributed by atoms with E-state index in [0.29, 0.717) is 0 Å². The van der Waals surface area contributed by atoms with Gasteiger partial charge in [0, 0.05) is 5.02 Å². The normalized spacial score (nSPS) is 12.4. The van der Waals surface area contributed by atoms with Crippen LogP contribution in [0, 0.1) is 20.8 Å². The van der Waals surface area contributed by atoms with Crippen LogP contribution in [0.2, 0.25) is 5.02 Å². The van der Waals surface area contributed by atoms with Gasteiger partial charge in [-0.15, -0.1) is 0 Å². The van der Waals surface area contributed by atoms with E-state index in [1.807, 2.05) is 6.07 Å². The summed E-state index contributed by atoms with van der Waals surface area (Å²) in [7, 11) is 0. The summed E-state index contributed by atoms with van der Waals surface area (Å²) in [6, 6.07) is 13.1. The molecule has 0 aliphatic carbocycles.